The largest absolute Gasteiger partial charge is 0.416 e. The van der Waals surface area contributed by atoms with E-state index in [2.05, 4.69) is 5.32 Å². The molecule has 0 bridgehead atoms. The topological polar surface area (TPSA) is 52.7 Å². The van der Waals surface area contributed by atoms with Gasteiger partial charge in [-0.15, -0.1) is 0 Å². The SMILES string of the molecule is CC[C@@H](C)[C@@H]1NC2(CCN(C(=O)c3ccccc3)CC2)N(Cc2cccc(C(F)(F)F)c2)C1=O. The van der Waals surface area contributed by atoms with Crippen LogP contribution in [0.2, 0.25) is 0 Å². The number of amides is 2. The van der Waals surface area contributed by atoms with Gasteiger partial charge in [-0.25, -0.2) is 0 Å². The fraction of sp³-hybridized carbons (Fsp3) is 0.462. The zero-order valence-electron chi connectivity index (χ0n) is 19.4. The van der Waals surface area contributed by atoms with E-state index in [1.165, 1.54) is 6.07 Å². The number of hydrogen-bond acceptors (Lipinski definition) is 3. The van der Waals surface area contributed by atoms with Crippen molar-refractivity contribution < 1.29 is 22.8 Å². The van der Waals surface area contributed by atoms with Crippen molar-refractivity contribution in [2.24, 2.45) is 5.92 Å². The van der Waals surface area contributed by atoms with E-state index in [9.17, 15) is 22.8 Å². The van der Waals surface area contributed by atoms with Gasteiger partial charge in [0.05, 0.1) is 17.3 Å². The molecule has 0 saturated carbocycles. The van der Waals surface area contributed by atoms with Crippen LogP contribution in [0.5, 0.6) is 0 Å². The monoisotopic (exact) mass is 473 g/mol. The minimum absolute atomic E-state index is 0.0531. The van der Waals surface area contributed by atoms with Gasteiger partial charge in [0, 0.05) is 38.0 Å². The highest BCUT2D eigenvalue weighted by Gasteiger charge is 2.52. The van der Waals surface area contributed by atoms with Crippen LogP contribution in [0.25, 0.3) is 0 Å². The van der Waals surface area contributed by atoms with E-state index < -0.39 is 23.4 Å². The second kappa shape index (κ2) is 9.41. The minimum atomic E-state index is -4.44. The first-order valence-corrected chi connectivity index (χ1v) is 11.7. The molecule has 0 radical (unpaired) electrons. The highest BCUT2D eigenvalue weighted by molar-refractivity contribution is 5.94. The number of carbonyl (C=O) groups is 2. The van der Waals surface area contributed by atoms with Crippen LogP contribution in [-0.2, 0) is 17.5 Å². The van der Waals surface area contributed by atoms with Gasteiger partial charge in [-0.2, -0.15) is 13.2 Å². The molecule has 0 unspecified atom stereocenters. The molecule has 0 aromatic heterocycles. The predicted molar refractivity (Wildman–Crippen MR) is 123 cm³/mol. The van der Waals surface area contributed by atoms with Gasteiger partial charge in [0.15, 0.2) is 0 Å². The van der Waals surface area contributed by atoms with Crippen molar-refractivity contribution in [3.63, 3.8) is 0 Å². The Labute approximate surface area is 197 Å². The maximum absolute atomic E-state index is 13.5. The molecule has 2 aromatic carbocycles. The average molecular weight is 474 g/mol. The summed E-state index contributed by atoms with van der Waals surface area (Å²) in [5.41, 5.74) is -0.350. The summed E-state index contributed by atoms with van der Waals surface area (Å²) in [6.07, 6.45) is -2.61. The molecule has 2 atom stereocenters. The molecule has 2 aliphatic heterocycles. The molecule has 2 saturated heterocycles. The summed E-state index contributed by atoms with van der Waals surface area (Å²) in [6.45, 7) is 5.03. The molecule has 4 rings (SSSR count). The summed E-state index contributed by atoms with van der Waals surface area (Å²) in [7, 11) is 0. The molecule has 5 nitrogen and oxygen atoms in total. The minimum Gasteiger partial charge on any atom is -0.338 e. The smallest absolute Gasteiger partial charge is 0.338 e. The summed E-state index contributed by atoms with van der Waals surface area (Å²) in [4.78, 5) is 29.9. The summed E-state index contributed by atoms with van der Waals surface area (Å²) in [5, 5.41) is 3.54. The molecule has 2 aliphatic rings. The van der Waals surface area contributed by atoms with E-state index in [4.69, 9.17) is 0 Å². The van der Waals surface area contributed by atoms with Crippen molar-refractivity contribution in [2.75, 3.05) is 13.1 Å². The lowest BCUT2D eigenvalue weighted by Crippen LogP contribution is -2.59. The van der Waals surface area contributed by atoms with Crippen LogP contribution in [-0.4, -0.2) is 46.4 Å². The number of nitrogens with zero attached hydrogens (tertiary/aromatic N) is 2. The Hall–Kier alpha value is -2.87. The Morgan fingerprint density at radius 2 is 1.79 bits per heavy atom. The Morgan fingerprint density at radius 3 is 2.41 bits per heavy atom. The molecule has 2 aromatic rings. The number of carbonyl (C=O) groups excluding carboxylic acids is 2. The lowest BCUT2D eigenvalue weighted by molar-refractivity contribution is -0.137. The quantitative estimate of drug-likeness (QED) is 0.686. The lowest BCUT2D eigenvalue weighted by atomic mass is 9.94. The second-order valence-electron chi connectivity index (χ2n) is 9.32. The Kier molecular flexibility index (Phi) is 6.71. The zero-order chi connectivity index (χ0) is 24.5. The van der Waals surface area contributed by atoms with Crippen molar-refractivity contribution in [1.29, 1.82) is 0 Å². The van der Waals surface area contributed by atoms with E-state index in [0.717, 1.165) is 18.6 Å². The number of likely N-dealkylation sites (tertiary alicyclic amines) is 1. The van der Waals surface area contributed by atoms with Gasteiger partial charge in [-0.1, -0.05) is 50.6 Å². The van der Waals surface area contributed by atoms with E-state index >= 15 is 0 Å². The van der Waals surface area contributed by atoms with E-state index in [1.54, 1.807) is 28.0 Å². The molecule has 1 N–H and O–H groups in total. The highest BCUT2D eigenvalue weighted by Crippen LogP contribution is 2.37. The van der Waals surface area contributed by atoms with Crippen molar-refractivity contribution in [3.8, 4) is 0 Å². The van der Waals surface area contributed by atoms with E-state index in [0.29, 0.717) is 37.1 Å². The first-order valence-electron chi connectivity index (χ1n) is 11.7. The van der Waals surface area contributed by atoms with Gasteiger partial charge >= 0.3 is 6.18 Å². The summed E-state index contributed by atoms with van der Waals surface area (Å²) in [6, 6.07) is 13.8. The number of hydrogen-bond donors (Lipinski definition) is 1. The first-order chi connectivity index (χ1) is 16.1. The lowest BCUT2D eigenvalue weighted by Gasteiger charge is -2.45. The molecule has 2 fully saturated rings. The third-order valence-electron chi connectivity index (χ3n) is 7.18. The van der Waals surface area contributed by atoms with Gasteiger partial charge in [0.2, 0.25) is 5.91 Å². The molecule has 1 spiro atoms. The highest BCUT2D eigenvalue weighted by atomic mass is 19.4. The van der Waals surface area contributed by atoms with Crippen LogP contribution in [0.4, 0.5) is 13.2 Å². The van der Waals surface area contributed by atoms with E-state index in [-0.39, 0.29) is 24.3 Å². The standard InChI is InChI=1S/C26H30F3N3O2/c1-3-18(2)22-24(34)32(17-19-8-7-11-21(16-19)26(27,28)29)25(30-22)12-14-31(15-13-25)23(33)20-9-5-4-6-10-20/h4-11,16,18,22,30H,3,12-15,17H2,1-2H3/t18-,22+/m1/s1. The van der Waals surface area contributed by atoms with Crippen LogP contribution in [0, 0.1) is 5.92 Å². The van der Waals surface area contributed by atoms with Gasteiger partial charge in [0.1, 0.15) is 0 Å². The van der Waals surface area contributed by atoms with Gasteiger partial charge in [-0.3, -0.25) is 14.9 Å². The molecule has 8 heteroatoms. The number of benzene rings is 2. The van der Waals surface area contributed by atoms with Crippen LogP contribution < -0.4 is 5.32 Å². The number of alkyl halides is 3. The third-order valence-corrected chi connectivity index (χ3v) is 7.18. The normalized spacial score (nSPS) is 21.2. The van der Waals surface area contributed by atoms with Gasteiger partial charge < -0.3 is 9.80 Å². The average Bonchev–Trinajstić information content (AvgIpc) is 3.10. The molecule has 0 aliphatic carbocycles. The third kappa shape index (κ3) is 4.69. The second-order valence-corrected chi connectivity index (χ2v) is 9.32. The zero-order valence-corrected chi connectivity index (χ0v) is 19.4. The van der Waals surface area contributed by atoms with Crippen molar-refractivity contribution >= 4 is 11.8 Å². The van der Waals surface area contributed by atoms with Gasteiger partial charge in [-0.05, 0) is 35.7 Å². The molecule has 2 heterocycles. The summed E-state index contributed by atoms with van der Waals surface area (Å²) >= 11 is 0. The molecular weight excluding hydrogens is 443 g/mol. The first kappa shape index (κ1) is 24.3. The van der Waals surface area contributed by atoms with Crippen LogP contribution in [0.3, 0.4) is 0 Å². The number of piperidine rings is 1. The van der Waals surface area contributed by atoms with Crippen LogP contribution >= 0.6 is 0 Å². The molecule has 34 heavy (non-hydrogen) atoms. The van der Waals surface area contributed by atoms with E-state index in [1.807, 2.05) is 32.0 Å². The van der Waals surface area contributed by atoms with Crippen LogP contribution in [0.1, 0.15) is 54.6 Å². The van der Waals surface area contributed by atoms with Crippen molar-refractivity contribution in [1.82, 2.24) is 15.1 Å². The maximum atomic E-state index is 13.5. The van der Waals surface area contributed by atoms with Crippen molar-refractivity contribution in [2.45, 2.75) is 57.5 Å². The van der Waals surface area contributed by atoms with Crippen LogP contribution in [0.15, 0.2) is 54.6 Å². The molecule has 182 valence electrons. The molecular formula is C26H30F3N3O2. The Balaban J connectivity index is 1.57. The molecule has 2 amide bonds. The Morgan fingerprint density at radius 1 is 1.12 bits per heavy atom. The fourth-order valence-electron chi connectivity index (χ4n) is 4.94. The Bertz CT molecular complexity index is 1030. The fourth-order valence-corrected chi connectivity index (χ4v) is 4.94. The predicted octanol–water partition coefficient (Wildman–Crippen LogP) is 4.68. The van der Waals surface area contributed by atoms with Gasteiger partial charge in [0.25, 0.3) is 5.91 Å². The van der Waals surface area contributed by atoms with Crippen molar-refractivity contribution in [3.05, 3.63) is 71.3 Å². The maximum Gasteiger partial charge on any atom is 0.416 e. The number of rotatable bonds is 5. The summed E-state index contributed by atoms with van der Waals surface area (Å²) < 4.78 is 39.7. The number of halogens is 3. The summed E-state index contributed by atoms with van der Waals surface area (Å²) in [5.74, 6) is -0.0582. The number of nitrogens with one attached hydrogen (secondary N) is 1.